The van der Waals surface area contributed by atoms with Crippen LogP contribution in [0.3, 0.4) is 0 Å². The summed E-state index contributed by atoms with van der Waals surface area (Å²) in [6.45, 7) is 2.98. The molecule has 1 fully saturated rings. The maximum absolute atomic E-state index is 12.7. The largest absolute Gasteiger partial charge is 0.497 e. The van der Waals surface area contributed by atoms with Gasteiger partial charge in [0.15, 0.2) is 0 Å². The number of ether oxygens (including phenoxy) is 1. The van der Waals surface area contributed by atoms with Gasteiger partial charge in [-0.25, -0.2) is 0 Å². The highest BCUT2D eigenvalue weighted by molar-refractivity contribution is 7.86. The zero-order chi connectivity index (χ0) is 15.5. The zero-order valence-corrected chi connectivity index (χ0v) is 13.8. The van der Waals surface area contributed by atoms with Crippen LogP contribution in [0.15, 0.2) is 24.3 Å². The number of hydrogen-bond donors (Lipinski definition) is 0. The van der Waals surface area contributed by atoms with Crippen molar-refractivity contribution in [1.29, 1.82) is 0 Å². The van der Waals surface area contributed by atoms with E-state index < -0.39 is 10.2 Å². The molecule has 0 unspecified atom stereocenters. The second-order valence-electron chi connectivity index (χ2n) is 5.57. The number of hydrogen-bond acceptors (Lipinski definition) is 3. The Morgan fingerprint density at radius 2 is 1.95 bits per heavy atom. The van der Waals surface area contributed by atoms with Crippen LogP contribution >= 0.6 is 0 Å². The predicted octanol–water partition coefficient (Wildman–Crippen LogP) is 2.25. The van der Waals surface area contributed by atoms with Gasteiger partial charge in [0.2, 0.25) is 0 Å². The van der Waals surface area contributed by atoms with Crippen LogP contribution in [0.5, 0.6) is 5.75 Å². The molecule has 1 aromatic rings. The molecule has 0 bridgehead atoms. The number of nitrogens with zero attached hydrogens (tertiary/aromatic N) is 2. The van der Waals surface area contributed by atoms with Crippen molar-refractivity contribution in [2.75, 3.05) is 20.7 Å². The first-order valence-electron chi connectivity index (χ1n) is 7.31. The number of benzene rings is 1. The maximum atomic E-state index is 12.7. The lowest BCUT2D eigenvalue weighted by molar-refractivity contribution is 0.249. The number of piperidine rings is 1. The summed E-state index contributed by atoms with van der Waals surface area (Å²) >= 11 is 0. The smallest absolute Gasteiger partial charge is 0.282 e. The van der Waals surface area contributed by atoms with Gasteiger partial charge in [0, 0.05) is 26.2 Å². The summed E-state index contributed by atoms with van der Waals surface area (Å²) < 4.78 is 33.5. The normalized spacial score (nSPS) is 20.7. The van der Waals surface area contributed by atoms with Crippen LogP contribution in [0, 0.1) is 0 Å². The number of methoxy groups -OCH3 is 1. The van der Waals surface area contributed by atoms with Gasteiger partial charge in [0.1, 0.15) is 5.75 Å². The third kappa shape index (κ3) is 3.75. The fraction of sp³-hybridized carbons (Fsp3) is 0.600. The zero-order valence-electron chi connectivity index (χ0n) is 12.9. The van der Waals surface area contributed by atoms with E-state index in [4.69, 9.17) is 4.74 Å². The van der Waals surface area contributed by atoms with Gasteiger partial charge < -0.3 is 4.74 Å². The Hall–Kier alpha value is -1.11. The van der Waals surface area contributed by atoms with Gasteiger partial charge in [-0.3, -0.25) is 0 Å². The molecule has 118 valence electrons. The first-order valence-corrected chi connectivity index (χ1v) is 8.71. The van der Waals surface area contributed by atoms with Gasteiger partial charge in [-0.15, -0.1) is 0 Å². The first kappa shape index (κ1) is 16.3. The molecular formula is C15H24N2O3S. The Bertz CT molecular complexity index is 557. The molecule has 21 heavy (non-hydrogen) atoms. The molecule has 2 rings (SSSR count). The number of rotatable bonds is 5. The van der Waals surface area contributed by atoms with Crippen LogP contribution in [-0.2, 0) is 16.8 Å². The quantitative estimate of drug-likeness (QED) is 0.838. The van der Waals surface area contributed by atoms with Crippen molar-refractivity contribution >= 4 is 10.2 Å². The minimum atomic E-state index is -3.39. The molecule has 1 atom stereocenters. The average molecular weight is 312 g/mol. The molecule has 6 heteroatoms. The molecule has 1 heterocycles. The molecule has 0 radical (unpaired) electrons. The Balaban J connectivity index is 2.08. The molecule has 1 aliphatic heterocycles. The third-order valence-corrected chi connectivity index (χ3v) is 6.05. The summed E-state index contributed by atoms with van der Waals surface area (Å²) in [5.74, 6) is 0.772. The van der Waals surface area contributed by atoms with Gasteiger partial charge in [-0.2, -0.15) is 17.0 Å². The average Bonchev–Trinajstić information content (AvgIpc) is 2.48. The Labute approximate surface area is 127 Å². The molecule has 0 aromatic heterocycles. The first-order chi connectivity index (χ1) is 9.95. The van der Waals surface area contributed by atoms with Crippen molar-refractivity contribution in [3.8, 4) is 5.75 Å². The van der Waals surface area contributed by atoms with Gasteiger partial charge in [-0.05, 0) is 37.5 Å². The summed E-state index contributed by atoms with van der Waals surface area (Å²) in [7, 11) is -0.136. The molecule has 1 aliphatic rings. The summed E-state index contributed by atoms with van der Waals surface area (Å²) in [5.41, 5.74) is 0.950. The lowest BCUT2D eigenvalue weighted by Gasteiger charge is -2.35. The molecule has 1 aromatic carbocycles. The monoisotopic (exact) mass is 312 g/mol. The van der Waals surface area contributed by atoms with Crippen LogP contribution in [0.4, 0.5) is 0 Å². The Kier molecular flexibility index (Phi) is 5.24. The topological polar surface area (TPSA) is 49.9 Å². The van der Waals surface area contributed by atoms with E-state index in [0.29, 0.717) is 13.1 Å². The molecule has 0 saturated carbocycles. The second kappa shape index (κ2) is 6.77. The summed E-state index contributed by atoms with van der Waals surface area (Å²) in [5, 5.41) is 0. The molecular weight excluding hydrogens is 288 g/mol. The van der Waals surface area contributed by atoms with Gasteiger partial charge in [0.05, 0.1) is 7.11 Å². The van der Waals surface area contributed by atoms with Crippen LogP contribution in [0.2, 0.25) is 0 Å². The van der Waals surface area contributed by atoms with E-state index in [-0.39, 0.29) is 6.04 Å². The molecule has 0 aliphatic carbocycles. The highest BCUT2D eigenvalue weighted by Gasteiger charge is 2.32. The lowest BCUT2D eigenvalue weighted by Crippen LogP contribution is -2.48. The lowest BCUT2D eigenvalue weighted by atomic mass is 10.1. The highest BCUT2D eigenvalue weighted by atomic mass is 32.2. The van der Waals surface area contributed by atoms with Gasteiger partial charge >= 0.3 is 0 Å². The molecule has 0 amide bonds. The Morgan fingerprint density at radius 1 is 1.29 bits per heavy atom. The second-order valence-corrected chi connectivity index (χ2v) is 7.56. The standard InChI is InChI=1S/C15H24N2O3S/c1-13-6-4-5-11-17(13)21(18,19)16(2)12-14-7-9-15(20-3)10-8-14/h7-10,13H,4-6,11-12H2,1-3H3/t13-/m1/s1. The van der Waals surface area contributed by atoms with E-state index >= 15 is 0 Å². The van der Waals surface area contributed by atoms with Gasteiger partial charge in [-0.1, -0.05) is 18.6 Å². The van der Waals surface area contributed by atoms with Crippen molar-refractivity contribution in [2.45, 2.75) is 38.8 Å². The predicted molar refractivity (Wildman–Crippen MR) is 83.4 cm³/mol. The van der Waals surface area contributed by atoms with Crippen molar-refractivity contribution in [3.63, 3.8) is 0 Å². The molecule has 1 saturated heterocycles. The SMILES string of the molecule is COc1ccc(CN(C)S(=O)(=O)N2CCCC[C@H]2C)cc1. The van der Waals surface area contributed by atoms with Crippen LogP contribution < -0.4 is 4.74 Å². The minimum Gasteiger partial charge on any atom is -0.497 e. The van der Waals surface area contributed by atoms with E-state index in [1.54, 1.807) is 18.5 Å². The Morgan fingerprint density at radius 3 is 2.52 bits per heavy atom. The van der Waals surface area contributed by atoms with Crippen molar-refractivity contribution in [2.24, 2.45) is 0 Å². The molecule has 5 nitrogen and oxygen atoms in total. The van der Waals surface area contributed by atoms with E-state index in [1.165, 1.54) is 4.31 Å². The third-order valence-electron chi connectivity index (χ3n) is 4.00. The van der Waals surface area contributed by atoms with Crippen LogP contribution in [-0.4, -0.2) is 43.8 Å². The molecule has 0 N–H and O–H groups in total. The minimum absolute atomic E-state index is 0.0852. The van der Waals surface area contributed by atoms with Gasteiger partial charge in [0.25, 0.3) is 10.2 Å². The maximum Gasteiger partial charge on any atom is 0.282 e. The highest BCUT2D eigenvalue weighted by Crippen LogP contribution is 2.23. The van der Waals surface area contributed by atoms with Crippen molar-refractivity contribution < 1.29 is 13.2 Å². The fourth-order valence-electron chi connectivity index (χ4n) is 2.66. The van der Waals surface area contributed by atoms with E-state index in [9.17, 15) is 8.42 Å². The van der Waals surface area contributed by atoms with E-state index in [0.717, 1.165) is 30.6 Å². The molecule has 0 spiro atoms. The van der Waals surface area contributed by atoms with Crippen molar-refractivity contribution in [3.05, 3.63) is 29.8 Å². The summed E-state index contributed by atoms with van der Waals surface area (Å²) in [4.78, 5) is 0. The van der Waals surface area contributed by atoms with E-state index in [1.807, 2.05) is 31.2 Å². The van der Waals surface area contributed by atoms with E-state index in [2.05, 4.69) is 0 Å². The van der Waals surface area contributed by atoms with Crippen LogP contribution in [0.1, 0.15) is 31.7 Å². The van der Waals surface area contributed by atoms with Crippen molar-refractivity contribution in [1.82, 2.24) is 8.61 Å². The summed E-state index contributed by atoms with van der Waals surface area (Å²) in [6, 6.07) is 7.57. The van der Waals surface area contributed by atoms with Crippen LogP contribution in [0.25, 0.3) is 0 Å². The fourth-order valence-corrected chi connectivity index (χ4v) is 4.25. The summed E-state index contributed by atoms with van der Waals surface area (Å²) in [6.07, 6.45) is 2.99.